The van der Waals surface area contributed by atoms with Crippen LogP contribution in [0.3, 0.4) is 0 Å². The number of amides is 1. The van der Waals surface area contributed by atoms with Crippen LogP contribution in [0.2, 0.25) is 0 Å². The molecule has 19 heavy (non-hydrogen) atoms. The molecule has 112 valence electrons. The number of hydrogen-bond acceptors (Lipinski definition) is 5. The van der Waals surface area contributed by atoms with Gasteiger partial charge < -0.3 is 9.64 Å². The van der Waals surface area contributed by atoms with Crippen LogP contribution in [0.5, 0.6) is 0 Å². The van der Waals surface area contributed by atoms with E-state index in [1.165, 1.54) is 11.8 Å². The van der Waals surface area contributed by atoms with Crippen LogP contribution in [0.15, 0.2) is 0 Å². The second-order valence-electron chi connectivity index (χ2n) is 4.92. The van der Waals surface area contributed by atoms with Gasteiger partial charge in [-0.3, -0.25) is 9.59 Å². The van der Waals surface area contributed by atoms with E-state index < -0.39 is 0 Å². The third-order valence-corrected chi connectivity index (χ3v) is 5.76. The summed E-state index contributed by atoms with van der Waals surface area (Å²) < 4.78 is 5.15. The summed E-state index contributed by atoms with van der Waals surface area (Å²) in [5.74, 6) is 0.0146. The van der Waals surface area contributed by atoms with Gasteiger partial charge >= 0.3 is 0 Å². The second kappa shape index (κ2) is 8.87. The maximum atomic E-state index is 12.1. The number of carbonyl (C=O) groups excluding carboxylic acids is 2. The van der Waals surface area contributed by atoms with Crippen molar-refractivity contribution in [3.8, 4) is 0 Å². The lowest BCUT2D eigenvalue weighted by Gasteiger charge is -2.29. The molecule has 0 aromatic rings. The van der Waals surface area contributed by atoms with Gasteiger partial charge in [0.05, 0.1) is 12.6 Å². The maximum absolute atomic E-state index is 12.1. The molecule has 0 saturated heterocycles. The van der Waals surface area contributed by atoms with E-state index >= 15 is 0 Å². The van der Waals surface area contributed by atoms with E-state index in [1.54, 1.807) is 42.7 Å². The molecule has 0 aliphatic heterocycles. The van der Waals surface area contributed by atoms with Gasteiger partial charge in [0.2, 0.25) is 5.91 Å². The van der Waals surface area contributed by atoms with Crippen LogP contribution in [0.1, 0.15) is 33.6 Å². The fraction of sp³-hybridized carbons (Fsp3) is 0.846. The largest absolute Gasteiger partial charge is 0.383 e. The standard InChI is InChI=1S/C13H25NO3S2/c1-10(11(2)15)14(4)12(16)7-8-13(3,9-17-5)19-18-6/h10H,7-9H2,1-6H3/t10-,13?/m1/s1. The number of carbonyl (C=O) groups is 2. The van der Waals surface area contributed by atoms with Crippen molar-refractivity contribution in [1.29, 1.82) is 0 Å². The van der Waals surface area contributed by atoms with Crippen molar-refractivity contribution in [2.24, 2.45) is 0 Å². The summed E-state index contributed by atoms with van der Waals surface area (Å²) >= 11 is 0. The van der Waals surface area contributed by atoms with Gasteiger partial charge in [-0.1, -0.05) is 21.6 Å². The summed E-state index contributed by atoms with van der Waals surface area (Å²) in [5.41, 5.74) is 0. The van der Waals surface area contributed by atoms with Crippen LogP contribution in [-0.4, -0.2) is 54.4 Å². The number of methoxy groups -OCH3 is 1. The topological polar surface area (TPSA) is 46.6 Å². The molecule has 0 aromatic carbocycles. The van der Waals surface area contributed by atoms with Gasteiger partial charge in [-0.25, -0.2) is 0 Å². The highest BCUT2D eigenvalue weighted by atomic mass is 33.1. The molecular formula is C13H25NO3S2. The Hall–Kier alpha value is -0.200. The van der Waals surface area contributed by atoms with E-state index in [0.717, 1.165) is 6.42 Å². The Bertz CT molecular complexity index is 304. The number of likely N-dealkylation sites (N-methyl/N-ethyl adjacent to an activating group) is 1. The van der Waals surface area contributed by atoms with E-state index in [4.69, 9.17) is 4.74 Å². The molecule has 1 amide bonds. The number of ketones is 1. The van der Waals surface area contributed by atoms with Gasteiger partial charge in [-0.2, -0.15) is 0 Å². The Labute approximate surface area is 124 Å². The van der Waals surface area contributed by atoms with Crippen molar-refractivity contribution in [2.75, 3.05) is 27.0 Å². The molecule has 0 heterocycles. The van der Waals surface area contributed by atoms with E-state index in [9.17, 15) is 9.59 Å². The molecule has 0 N–H and O–H groups in total. The first-order valence-corrected chi connectivity index (χ1v) is 8.80. The highest BCUT2D eigenvalue weighted by molar-refractivity contribution is 8.77. The van der Waals surface area contributed by atoms with E-state index in [2.05, 4.69) is 6.92 Å². The molecule has 1 unspecified atom stereocenters. The highest BCUT2D eigenvalue weighted by Crippen LogP contribution is 2.37. The van der Waals surface area contributed by atoms with Gasteiger partial charge in [-0.15, -0.1) is 0 Å². The molecule has 6 heteroatoms. The minimum atomic E-state index is -0.352. The van der Waals surface area contributed by atoms with Crippen LogP contribution in [0.25, 0.3) is 0 Å². The summed E-state index contributed by atoms with van der Waals surface area (Å²) in [6, 6.07) is -0.352. The van der Waals surface area contributed by atoms with Gasteiger partial charge in [-0.05, 0) is 33.4 Å². The Morgan fingerprint density at radius 2 is 2.00 bits per heavy atom. The Morgan fingerprint density at radius 3 is 2.42 bits per heavy atom. The molecule has 0 rings (SSSR count). The summed E-state index contributed by atoms with van der Waals surface area (Å²) in [6.07, 6.45) is 3.19. The first-order valence-electron chi connectivity index (χ1n) is 6.24. The second-order valence-corrected chi connectivity index (χ2v) is 7.91. The number of nitrogens with zero attached hydrogens (tertiary/aromatic N) is 1. The summed E-state index contributed by atoms with van der Waals surface area (Å²) in [6.45, 7) is 5.97. The van der Waals surface area contributed by atoms with Crippen molar-refractivity contribution in [3.63, 3.8) is 0 Å². The van der Waals surface area contributed by atoms with Crippen LogP contribution >= 0.6 is 21.6 Å². The molecule has 0 aromatic heterocycles. The van der Waals surface area contributed by atoms with Crippen LogP contribution < -0.4 is 0 Å². The van der Waals surface area contributed by atoms with Crippen molar-refractivity contribution in [2.45, 2.75) is 44.4 Å². The molecular weight excluding hydrogens is 282 g/mol. The van der Waals surface area contributed by atoms with Crippen LogP contribution in [-0.2, 0) is 14.3 Å². The van der Waals surface area contributed by atoms with E-state index in [1.807, 2.05) is 6.26 Å². The Morgan fingerprint density at radius 1 is 1.42 bits per heavy atom. The number of ether oxygens (including phenoxy) is 1. The van der Waals surface area contributed by atoms with E-state index in [-0.39, 0.29) is 22.5 Å². The fourth-order valence-electron chi connectivity index (χ4n) is 1.68. The third kappa shape index (κ3) is 6.68. The smallest absolute Gasteiger partial charge is 0.222 e. The maximum Gasteiger partial charge on any atom is 0.222 e. The molecule has 0 radical (unpaired) electrons. The van der Waals surface area contributed by atoms with Crippen molar-refractivity contribution in [3.05, 3.63) is 0 Å². The van der Waals surface area contributed by atoms with Crippen LogP contribution in [0.4, 0.5) is 0 Å². The summed E-state index contributed by atoms with van der Waals surface area (Å²) in [7, 11) is 6.76. The zero-order valence-corrected chi connectivity index (χ0v) is 14.3. The monoisotopic (exact) mass is 307 g/mol. The first-order chi connectivity index (χ1) is 8.77. The molecule has 0 saturated carbocycles. The van der Waals surface area contributed by atoms with E-state index in [0.29, 0.717) is 13.0 Å². The lowest BCUT2D eigenvalue weighted by Crippen LogP contribution is -2.40. The SMILES string of the molecule is COCC(C)(CCC(=O)N(C)[C@H](C)C(C)=O)SSC. The predicted molar refractivity (Wildman–Crippen MR) is 83.5 cm³/mol. The Balaban J connectivity index is 4.43. The average molecular weight is 307 g/mol. The molecule has 2 atom stereocenters. The van der Waals surface area contributed by atoms with Crippen molar-refractivity contribution >= 4 is 33.3 Å². The Kier molecular flexibility index (Phi) is 8.78. The van der Waals surface area contributed by atoms with Crippen molar-refractivity contribution < 1.29 is 14.3 Å². The number of Topliss-reactive ketones (excluding diaryl/α,β-unsaturated/α-hetero) is 1. The molecule has 0 fully saturated rings. The quantitative estimate of drug-likeness (QED) is 0.613. The lowest BCUT2D eigenvalue weighted by molar-refractivity contribution is -0.137. The number of hydrogen-bond donors (Lipinski definition) is 0. The first kappa shape index (κ1) is 18.8. The molecule has 0 spiro atoms. The third-order valence-electron chi connectivity index (χ3n) is 3.16. The number of rotatable bonds is 9. The zero-order chi connectivity index (χ0) is 15.1. The molecule has 0 aliphatic rings. The van der Waals surface area contributed by atoms with Gasteiger partial charge in [0.25, 0.3) is 0 Å². The normalized spacial score (nSPS) is 15.7. The van der Waals surface area contributed by atoms with Gasteiger partial charge in [0.1, 0.15) is 0 Å². The minimum absolute atomic E-state index is 0.00623. The zero-order valence-electron chi connectivity index (χ0n) is 12.7. The average Bonchev–Trinajstić information content (AvgIpc) is 2.34. The molecule has 0 bridgehead atoms. The van der Waals surface area contributed by atoms with Gasteiger partial charge in [0, 0.05) is 25.3 Å². The van der Waals surface area contributed by atoms with Crippen molar-refractivity contribution in [1.82, 2.24) is 4.90 Å². The predicted octanol–water partition coefficient (Wildman–Crippen LogP) is 2.62. The fourth-order valence-corrected chi connectivity index (χ4v) is 4.04. The summed E-state index contributed by atoms with van der Waals surface area (Å²) in [5, 5.41) is 0. The molecule has 0 aliphatic carbocycles. The highest BCUT2D eigenvalue weighted by Gasteiger charge is 2.28. The lowest BCUT2D eigenvalue weighted by atomic mass is 10.0. The van der Waals surface area contributed by atoms with Crippen LogP contribution in [0, 0.1) is 0 Å². The minimum Gasteiger partial charge on any atom is -0.383 e. The molecule has 4 nitrogen and oxygen atoms in total. The van der Waals surface area contributed by atoms with Gasteiger partial charge in [0.15, 0.2) is 5.78 Å². The summed E-state index contributed by atoms with van der Waals surface area (Å²) in [4.78, 5) is 24.9.